The Bertz CT molecular complexity index is 1600. The van der Waals surface area contributed by atoms with Gasteiger partial charge in [0, 0.05) is 34.3 Å². The van der Waals surface area contributed by atoms with E-state index in [4.69, 9.17) is 11.6 Å². The Labute approximate surface area is 208 Å². The third kappa shape index (κ3) is 4.24. The summed E-state index contributed by atoms with van der Waals surface area (Å²) in [5.74, 6) is 1.32. The zero-order chi connectivity index (χ0) is 24.5. The first-order chi connectivity index (χ1) is 17.0. The Morgan fingerprint density at radius 2 is 1.60 bits per heavy atom. The number of pyridine rings is 2. The van der Waals surface area contributed by atoms with Gasteiger partial charge in [0.2, 0.25) is 0 Å². The molecule has 3 heterocycles. The van der Waals surface area contributed by atoms with Gasteiger partial charge in [-0.15, -0.1) is 0 Å². The van der Waals surface area contributed by atoms with Crippen LogP contribution in [-0.4, -0.2) is 26.2 Å². The van der Waals surface area contributed by atoms with Crippen molar-refractivity contribution in [3.63, 3.8) is 0 Å². The molecule has 5 rings (SSSR count). The first kappa shape index (κ1) is 22.6. The standard InChI is InChI=1S/C28H22ClN5O/c1-16-20(21-8-4-9-22(26(21)29)24-13-12-19(15-35)17(2)31-24)7-5-10-23(16)34-28-27-25(11-6-14-30-27)32-18(3)33-28/h4-15H,1-3H3,(H,32,33,34). The third-order valence-electron chi connectivity index (χ3n) is 5.97. The van der Waals surface area contributed by atoms with Crippen LogP contribution >= 0.6 is 11.6 Å². The lowest BCUT2D eigenvalue weighted by Gasteiger charge is -2.16. The molecule has 0 amide bonds. The van der Waals surface area contributed by atoms with Crippen molar-refractivity contribution in [1.29, 1.82) is 0 Å². The molecule has 0 fully saturated rings. The van der Waals surface area contributed by atoms with Gasteiger partial charge in [-0.3, -0.25) is 14.8 Å². The molecular weight excluding hydrogens is 458 g/mol. The molecule has 172 valence electrons. The lowest BCUT2D eigenvalue weighted by molar-refractivity contribution is 0.112. The molecule has 2 aromatic carbocycles. The quantitative estimate of drug-likeness (QED) is 0.276. The Morgan fingerprint density at radius 3 is 2.40 bits per heavy atom. The second-order valence-electron chi connectivity index (χ2n) is 8.25. The summed E-state index contributed by atoms with van der Waals surface area (Å²) in [6.45, 7) is 5.73. The maximum atomic E-state index is 11.2. The summed E-state index contributed by atoms with van der Waals surface area (Å²) < 4.78 is 0. The number of hydrogen-bond donors (Lipinski definition) is 1. The fourth-order valence-corrected chi connectivity index (χ4v) is 4.47. The molecule has 0 aliphatic carbocycles. The molecule has 35 heavy (non-hydrogen) atoms. The molecule has 0 atom stereocenters. The van der Waals surface area contributed by atoms with E-state index in [0.717, 1.165) is 45.4 Å². The summed E-state index contributed by atoms with van der Waals surface area (Å²) in [6.07, 6.45) is 2.54. The predicted octanol–water partition coefficient (Wildman–Crippen LogP) is 6.89. The molecular formula is C28H22ClN5O. The number of aldehydes is 1. The Kier molecular flexibility index (Phi) is 5.97. The van der Waals surface area contributed by atoms with E-state index in [1.807, 2.05) is 75.4 Å². The van der Waals surface area contributed by atoms with Crippen LogP contribution in [0.2, 0.25) is 5.02 Å². The van der Waals surface area contributed by atoms with E-state index >= 15 is 0 Å². The second kappa shape index (κ2) is 9.24. The second-order valence-corrected chi connectivity index (χ2v) is 8.63. The molecule has 1 N–H and O–H groups in total. The van der Waals surface area contributed by atoms with Crippen molar-refractivity contribution in [2.24, 2.45) is 0 Å². The highest BCUT2D eigenvalue weighted by atomic mass is 35.5. The smallest absolute Gasteiger partial charge is 0.160 e. The van der Waals surface area contributed by atoms with Crippen molar-refractivity contribution in [3.05, 3.63) is 94.5 Å². The minimum atomic E-state index is 0.567. The number of benzene rings is 2. The zero-order valence-corrected chi connectivity index (χ0v) is 20.3. The molecule has 0 bridgehead atoms. The van der Waals surface area contributed by atoms with Crippen LogP contribution in [0.25, 0.3) is 33.4 Å². The molecule has 0 saturated carbocycles. The Morgan fingerprint density at radius 1 is 0.829 bits per heavy atom. The number of hydrogen-bond acceptors (Lipinski definition) is 6. The number of anilines is 2. The SMILES string of the molecule is Cc1nc(Nc2cccc(-c3cccc(-c4ccc(C=O)c(C)n4)c3Cl)c2C)c2ncccc2n1. The van der Waals surface area contributed by atoms with E-state index in [9.17, 15) is 4.79 Å². The highest BCUT2D eigenvalue weighted by molar-refractivity contribution is 6.36. The summed E-state index contributed by atoms with van der Waals surface area (Å²) in [5.41, 5.74) is 8.08. The van der Waals surface area contributed by atoms with Crippen LogP contribution in [0, 0.1) is 20.8 Å². The fourth-order valence-electron chi connectivity index (χ4n) is 4.15. The first-order valence-electron chi connectivity index (χ1n) is 11.1. The average molecular weight is 480 g/mol. The number of aryl methyl sites for hydroxylation is 2. The van der Waals surface area contributed by atoms with Crippen LogP contribution in [0.5, 0.6) is 0 Å². The predicted molar refractivity (Wildman–Crippen MR) is 140 cm³/mol. The number of carbonyl (C=O) groups is 1. The average Bonchev–Trinajstić information content (AvgIpc) is 2.85. The molecule has 0 unspecified atom stereocenters. The van der Waals surface area contributed by atoms with Gasteiger partial charge in [0.15, 0.2) is 12.1 Å². The van der Waals surface area contributed by atoms with Crippen molar-refractivity contribution in [2.45, 2.75) is 20.8 Å². The van der Waals surface area contributed by atoms with Gasteiger partial charge in [-0.25, -0.2) is 9.97 Å². The largest absolute Gasteiger partial charge is 0.338 e. The van der Waals surface area contributed by atoms with E-state index in [-0.39, 0.29) is 0 Å². The molecule has 0 spiro atoms. The van der Waals surface area contributed by atoms with Crippen LogP contribution in [0.4, 0.5) is 11.5 Å². The van der Waals surface area contributed by atoms with Crippen LogP contribution < -0.4 is 5.32 Å². The molecule has 0 aliphatic rings. The normalized spacial score (nSPS) is 11.0. The number of halogens is 1. The molecule has 3 aromatic heterocycles. The number of rotatable bonds is 5. The molecule has 6 nitrogen and oxygen atoms in total. The minimum Gasteiger partial charge on any atom is -0.338 e. The maximum Gasteiger partial charge on any atom is 0.160 e. The van der Waals surface area contributed by atoms with Gasteiger partial charge in [-0.05, 0) is 62.2 Å². The summed E-state index contributed by atoms with van der Waals surface area (Å²) in [7, 11) is 0. The molecule has 0 saturated heterocycles. The fraction of sp³-hybridized carbons (Fsp3) is 0.107. The van der Waals surface area contributed by atoms with Crippen LogP contribution in [0.3, 0.4) is 0 Å². The summed E-state index contributed by atoms with van der Waals surface area (Å²) in [6, 6.07) is 19.3. The Hall–Kier alpha value is -4.16. The van der Waals surface area contributed by atoms with Crippen LogP contribution in [-0.2, 0) is 0 Å². The van der Waals surface area contributed by atoms with E-state index < -0.39 is 0 Å². The highest BCUT2D eigenvalue weighted by Crippen LogP contribution is 2.39. The topological polar surface area (TPSA) is 80.7 Å². The highest BCUT2D eigenvalue weighted by Gasteiger charge is 2.16. The molecule has 0 radical (unpaired) electrons. The van der Waals surface area contributed by atoms with Crippen molar-refractivity contribution in [1.82, 2.24) is 19.9 Å². The first-order valence-corrected chi connectivity index (χ1v) is 11.5. The van der Waals surface area contributed by atoms with Crippen LogP contribution in [0.1, 0.15) is 27.4 Å². The van der Waals surface area contributed by atoms with Gasteiger partial charge >= 0.3 is 0 Å². The van der Waals surface area contributed by atoms with E-state index in [1.54, 1.807) is 12.3 Å². The van der Waals surface area contributed by atoms with Gasteiger partial charge in [0.1, 0.15) is 11.3 Å². The van der Waals surface area contributed by atoms with Crippen LogP contribution in [0.15, 0.2) is 66.9 Å². The number of nitrogens with zero attached hydrogens (tertiary/aromatic N) is 4. The third-order valence-corrected chi connectivity index (χ3v) is 6.38. The van der Waals surface area contributed by atoms with Gasteiger partial charge < -0.3 is 5.32 Å². The number of nitrogens with one attached hydrogen (secondary N) is 1. The lowest BCUT2D eigenvalue weighted by atomic mass is 9.96. The molecule has 7 heteroatoms. The minimum absolute atomic E-state index is 0.567. The van der Waals surface area contributed by atoms with Crippen molar-refractivity contribution in [3.8, 4) is 22.4 Å². The van der Waals surface area contributed by atoms with Crippen molar-refractivity contribution >= 4 is 40.4 Å². The van der Waals surface area contributed by atoms with E-state index in [1.165, 1.54) is 0 Å². The number of aromatic nitrogens is 4. The molecule has 0 aliphatic heterocycles. The van der Waals surface area contributed by atoms with Gasteiger partial charge in [-0.2, -0.15) is 0 Å². The molecule has 5 aromatic rings. The maximum absolute atomic E-state index is 11.2. The number of carbonyl (C=O) groups excluding carboxylic acids is 1. The van der Waals surface area contributed by atoms with Gasteiger partial charge in [0.25, 0.3) is 0 Å². The van der Waals surface area contributed by atoms with Gasteiger partial charge in [0.05, 0.1) is 16.2 Å². The van der Waals surface area contributed by atoms with Gasteiger partial charge in [-0.1, -0.05) is 41.9 Å². The Balaban J connectivity index is 1.58. The number of fused-ring (bicyclic) bond motifs is 1. The van der Waals surface area contributed by atoms with E-state index in [0.29, 0.717) is 33.4 Å². The van der Waals surface area contributed by atoms with Crippen molar-refractivity contribution in [2.75, 3.05) is 5.32 Å². The summed E-state index contributed by atoms with van der Waals surface area (Å²) >= 11 is 6.93. The monoisotopic (exact) mass is 479 g/mol. The lowest BCUT2D eigenvalue weighted by Crippen LogP contribution is -2.02. The summed E-state index contributed by atoms with van der Waals surface area (Å²) in [4.78, 5) is 29.3. The van der Waals surface area contributed by atoms with E-state index in [2.05, 4.69) is 25.3 Å². The van der Waals surface area contributed by atoms with Crippen molar-refractivity contribution < 1.29 is 4.79 Å². The summed E-state index contributed by atoms with van der Waals surface area (Å²) in [5, 5.41) is 4.05. The zero-order valence-electron chi connectivity index (χ0n) is 19.5.